The Labute approximate surface area is 828 Å². The number of carbonyl (C=O) groups is 7. The van der Waals surface area contributed by atoms with Crippen molar-refractivity contribution in [2.45, 2.75) is 74.7 Å². The van der Waals surface area contributed by atoms with Crippen LogP contribution >= 0.6 is 0 Å². The third kappa shape index (κ3) is 20.5. The van der Waals surface area contributed by atoms with E-state index in [1.807, 2.05) is 156 Å². The largest absolute Gasteiger partial charge is 0.339 e. The molecule has 0 radical (unpaired) electrons. The molecule has 730 valence electrons. The van der Waals surface area contributed by atoms with E-state index in [-0.39, 0.29) is 41.5 Å². The van der Waals surface area contributed by atoms with Gasteiger partial charge in [-0.2, -0.15) is 20.4 Å². The van der Waals surface area contributed by atoms with Gasteiger partial charge in [0.2, 0.25) is 11.6 Å². The van der Waals surface area contributed by atoms with E-state index in [1.165, 1.54) is 4.90 Å². The predicted octanol–water partition coefficient (Wildman–Crippen LogP) is 17.0. The van der Waals surface area contributed by atoms with E-state index in [4.69, 9.17) is 21.5 Å². The zero-order valence-electron chi connectivity index (χ0n) is 81.3. The number of H-pyrrole nitrogens is 8. The van der Waals surface area contributed by atoms with Gasteiger partial charge in [0.25, 0.3) is 17.7 Å². The highest BCUT2D eigenvalue weighted by molar-refractivity contribution is 6.09. The predicted molar refractivity (Wildman–Crippen MR) is 556 cm³/mol. The summed E-state index contributed by atoms with van der Waals surface area (Å²) in [6.07, 6.45) is 19.9. The molecule has 11 N–H and O–H groups in total. The number of benzene rings is 4. The van der Waals surface area contributed by atoms with E-state index in [1.54, 1.807) is 128 Å². The van der Waals surface area contributed by atoms with Crippen LogP contribution in [-0.4, -0.2) is 278 Å². The average molecular weight is 1940 g/mol. The third-order valence-corrected chi connectivity index (χ3v) is 25.0. The summed E-state index contributed by atoms with van der Waals surface area (Å²) in [5, 5.41) is 41.2. The molecule has 0 atom stereocenters. The van der Waals surface area contributed by atoms with Gasteiger partial charge in [0.15, 0.2) is 45.9 Å². The number of rotatable bonds is 24. The van der Waals surface area contributed by atoms with Crippen LogP contribution in [0.5, 0.6) is 0 Å². The Kier molecular flexibility index (Phi) is 28.4. The summed E-state index contributed by atoms with van der Waals surface area (Å²) in [6, 6.07) is 39.0. The smallest absolute Gasteiger partial charge is 0.321 e. The number of amides is 8. The van der Waals surface area contributed by atoms with Gasteiger partial charge in [-0.05, 0) is 140 Å². The van der Waals surface area contributed by atoms with Crippen molar-refractivity contribution in [3.8, 4) is 90.6 Å². The zero-order valence-corrected chi connectivity index (χ0v) is 81.3. The molecule has 17 heterocycles. The number of hydrogen-bond donors (Lipinski definition) is 11. The summed E-state index contributed by atoms with van der Waals surface area (Å²) in [5.41, 5.74) is 21.7. The number of aromatic nitrogens is 24. The van der Waals surface area contributed by atoms with E-state index in [2.05, 4.69) is 138 Å². The molecule has 1 saturated heterocycles. The van der Waals surface area contributed by atoms with Crippen LogP contribution in [0.4, 0.5) is 32.3 Å². The van der Waals surface area contributed by atoms with Crippen LogP contribution in [0.2, 0.25) is 0 Å². The maximum Gasteiger partial charge on any atom is 0.321 e. The lowest BCUT2D eigenvalue weighted by Gasteiger charge is -2.32. The number of Topliss-reactive ketones (excluding diaryl/α,β-unsaturated/α-hetero) is 1. The van der Waals surface area contributed by atoms with Gasteiger partial charge in [-0.25, -0.2) is 54.3 Å². The molecular weight excluding hydrogens is 1840 g/mol. The average Bonchev–Trinajstić information content (AvgIpc) is 1.63. The molecular formula is C104H102N34O7. The molecule has 20 aromatic rings. The Hall–Kier alpha value is -18.6. The number of anilines is 3. The maximum absolute atomic E-state index is 13.1. The second-order valence-corrected chi connectivity index (χ2v) is 34.4. The van der Waals surface area contributed by atoms with Crippen LogP contribution < -0.4 is 16.0 Å². The molecule has 4 aromatic carbocycles. The van der Waals surface area contributed by atoms with Crippen molar-refractivity contribution in [1.82, 2.24) is 150 Å². The second-order valence-electron chi connectivity index (χ2n) is 34.4. The Morgan fingerprint density at radius 2 is 0.724 bits per heavy atom. The van der Waals surface area contributed by atoms with Gasteiger partial charge < -0.3 is 65.3 Å². The van der Waals surface area contributed by atoms with Crippen LogP contribution in [0.15, 0.2) is 196 Å². The van der Waals surface area contributed by atoms with Gasteiger partial charge in [-0.15, -0.1) is 0 Å². The minimum atomic E-state index is -0.242. The number of carbonyl (C=O) groups excluding carboxylic acids is 7. The van der Waals surface area contributed by atoms with Gasteiger partial charge in [0.1, 0.15) is 45.1 Å². The first-order valence-corrected chi connectivity index (χ1v) is 47.5. The van der Waals surface area contributed by atoms with Gasteiger partial charge in [-0.1, -0.05) is 50.2 Å². The van der Waals surface area contributed by atoms with Gasteiger partial charge in [0, 0.05) is 199 Å². The van der Waals surface area contributed by atoms with E-state index >= 15 is 0 Å². The SMILES string of the molecule is CCC(=O)Nc1cncc(-c2cnc3n[nH]c(-c4nc5c(C(=O)N(CC)CC)cccc5[nH]4)c3c2)c1.CCN(CC)C(=O)c1cccc2[nH]c(-c3[nH]nc4ncc(-c5cncc(NC(=O)N(C)C)c5)cc34)nc12.CCN(CC)C(=O)c1cccc2[nH]c(-c3[nH]nc4ncc(-c5cncc(NC(=O)N6CCN(C)CC6)c5)cc34)nc12.[C-]#[N+]c1cccc2[nH]c(-c3[nH]nc4ncc(-c5ccc(CC(=O)CC)nc5)cc34)nc12. The number of piperazine rings is 1. The van der Waals surface area contributed by atoms with Crippen LogP contribution in [0, 0.1) is 6.57 Å². The third-order valence-electron chi connectivity index (χ3n) is 25.0. The first kappa shape index (κ1) is 96.6. The number of pyridine rings is 8. The molecule has 41 nitrogen and oxygen atoms in total. The number of nitrogens with zero attached hydrogens (tertiary/aromatic N) is 23. The lowest BCUT2D eigenvalue weighted by atomic mass is 10.1. The Morgan fingerprint density at radius 3 is 1.08 bits per heavy atom. The number of ketones is 1. The molecule has 0 spiro atoms. The molecule has 8 amide bonds. The van der Waals surface area contributed by atoms with E-state index in [0.717, 1.165) is 107 Å². The molecule has 1 aliphatic rings. The minimum Gasteiger partial charge on any atom is -0.339 e. The molecule has 0 bridgehead atoms. The number of hydrogen-bond acceptors (Lipinski definition) is 24. The van der Waals surface area contributed by atoms with Crippen molar-refractivity contribution in [1.29, 1.82) is 0 Å². The van der Waals surface area contributed by atoms with Crippen LogP contribution in [0.3, 0.4) is 0 Å². The molecule has 1 aliphatic heterocycles. The normalized spacial score (nSPS) is 12.0. The number of fused-ring (bicyclic) bond motifs is 8. The lowest BCUT2D eigenvalue weighted by molar-refractivity contribution is -0.118. The number of likely N-dealkylation sites (N-methyl/N-ethyl adjacent to an activating group) is 1. The molecule has 16 aromatic heterocycles. The fourth-order valence-electron chi connectivity index (χ4n) is 16.9. The van der Waals surface area contributed by atoms with Gasteiger partial charge in [-0.3, -0.25) is 64.3 Å². The van der Waals surface area contributed by atoms with Gasteiger partial charge in [0.05, 0.1) is 108 Å². The first-order valence-electron chi connectivity index (χ1n) is 47.5. The Bertz CT molecular complexity index is 8320. The van der Waals surface area contributed by atoms with Crippen molar-refractivity contribution in [2.75, 3.05) is 103 Å². The number of nitrogens with one attached hydrogen (secondary N) is 11. The highest BCUT2D eigenvalue weighted by Gasteiger charge is 2.28. The molecule has 41 heteroatoms. The topological polar surface area (TPSA) is 512 Å². The molecule has 1 fully saturated rings. The summed E-state index contributed by atoms with van der Waals surface area (Å²) in [7, 11) is 5.40. The highest BCUT2D eigenvalue weighted by Crippen LogP contribution is 2.38. The Balaban J connectivity index is 0.000000128. The molecule has 145 heavy (non-hydrogen) atoms. The fraction of sp³-hybridized carbons (Fsp3) is 0.231. The summed E-state index contributed by atoms with van der Waals surface area (Å²) in [5.74, 6) is 2.21. The van der Waals surface area contributed by atoms with Crippen molar-refractivity contribution in [3.05, 3.63) is 229 Å². The van der Waals surface area contributed by atoms with E-state index in [9.17, 15) is 33.6 Å². The molecule has 0 aliphatic carbocycles. The Morgan fingerprint density at radius 1 is 0.379 bits per heavy atom. The van der Waals surface area contributed by atoms with Crippen LogP contribution in [-0.2, 0) is 16.0 Å². The van der Waals surface area contributed by atoms with Crippen molar-refractivity contribution < 1.29 is 33.6 Å². The quantitative estimate of drug-likeness (QED) is 0.0250. The highest BCUT2D eigenvalue weighted by atomic mass is 16.2. The van der Waals surface area contributed by atoms with Crippen molar-refractivity contribution >= 4 is 152 Å². The summed E-state index contributed by atoms with van der Waals surface area (Å²) in [4.78, 5) is 169. The summed E-state index contributed by atoms with van der Waals surface area (Å²) in [6.45, 7) is 29.6. The number of para-hydroxylation sites is 4. The zero-order chi connectivity index (χ0) is 101. The number of aromatic amines is 8. The second kappa shape index (κ2) is 42.6. The van der Waals surface area contributed by atoms with Crippen molar-refractivity contribution in [2.24, 2.45) is 0 Å². The fourth-order valence-corrected chi connectivity index (χ4v) is 16.9. The summed E-state index contributed by atoms with van der Waals surface area (Å²) >= 11 is 0. The van der Waals surface area contributed by atoms with Crippen LogP contribution in [0.25, 0.3) is 184 Å². The standard InChI is InChI=1S/C29H32N10O2.C26H27N9O2.C26H26N8O2.C23H17N7O/c1-4-38(5-2)28(40)21-7-6-8-23-24(21)34-27(33-23)25-22-14-19(16-31-26(22)36-35-25)18-13-20(17-30-15-18)32-29(41)39-11-9-37(3)10-12-39;1-5-35(6-2)25(36)18-8-7-9-20-21(18)31-24(30-20)22-19-11-16(13-28-23(19)33-32-22)15-10-17(14-27-12-15)29-26(37)34(3)4;1-4-21(35)29-17-10-15(12-27-14-17)16-11-19-23(32-33-24(19)28-13-16)25-30-20-9-7-8-18(22(20)31-25)26(36)34(5-2)6-3;1-3-16(31)10-15-8-7-13(11-25-15)14-9-17-20(29-30-22(17)26-12-14)23-27-19-6-4-5-18(24-2)21(19)28-23/h6-8,13-17H,4-5,9-12H2,1-3H3,(H,32,41)(H,33,34)(H,31,35,36);7-14H,5-6H2,1-4H3,(H,29,37)(H,30,31)(H,28,32,33);7-14H,4-6H2,1-3H3,(H,29,35)(H,30,31)(H,28,32,33);4-9,11-12H,3,10H2,1H3,(H,27,28)(H,26,29,30). The first-order chi connectivity index (χ1) is 70.5. The van der Waals surface area contributed by atoms with Crippen molar-refractivity contribution in [3.63, 3.8) is 0 Å². The van der Waals surface area contributed by atoms with Crippen LogP contribution in [0.1, 0.15) is 105 Å². The molecule has 21 rings (SSSR count). The molecule has 0 unspecified atom stereocenters. The van der Waals surface area contributed by atoms with Gasteiger partial charge >= 0.3 is 12.1 Å². The lowest BCUT2D eigenvalue weighted by Crippen LogP contribution is -2.48. The maximum atomic E-state index is 13.1. The minimum absolute atomic E-state index is 0.0513. The number of imidazole rings is 4. The molecule has 0 saturated carbocycles. The number of urea groups is 2. The monoisotopic (exact) mass is 1940 g/mol. The van der Waals surface area contributed by atoms with E-state index in [0.29, 0.717) is 202 Å². The van der Waals surface area contributed by atoms with E-state index < -0.39 is 0 Å². The summed E-state index contributed by atoms with van der Waals surface area (Å²) < 4.78 is 0.